The van der Waals surface area contributed by atoms with Crippen molar-refractivity contribution in [2.24, 2.45) is 0 Å². The third kappa shape index (κ3) is 10.0. The Hall–Kier alpha value is -3.77. The molecule has 170 valence electrons. The largest absolute Gasteiger partial charge is 0.481 e. The first-order valence-corrected chi connectivity index (χ1v) is 9.24. The van der Waals surface area contributed by atoms with E-state index in [1.54, 1.807) is 0 Å². The number of carbonyl (C=O) groups excluding carboxylic acids is 2. The Kier molecular flexibility index (Phi) is 10.4. The van der Waals surface area contributed by atoms with Gasteiger partial charge in [-0.05, 0) is 37.8 Å². The minimum absolute atomic E-state index is 0.00356. The van der Waals surface area contributed by atoms with Crippen LogP contribution in [0, 0.1) is 5.95 Å². The van der Waals surface area contributed by atoms with Crippen LogP contribution in [0.25, 0.3) is 0 Å². The fraction of sp³-hybridized carbons (Fsp3) is 0.444. The molecule has 0 fully saturated rings. The van der Waals surface area contributed by atoms with Gasteiger partial charge in [0.25, 0.3) is 5.91 Å². The average Bonchev–Trinajstić information content (AvgIpc) is 2.69. The quantitative estimate of drug-likeness (QED) is 0.183. The minimum atomic E-state index is -1.48. The van der Waals surface area contributed by atoms with Crippen LogP contribution in [0.15, 0.2) is 18.3 Å². The second-order valence-corrected chi connectivity index (χ2v) is 6.45. The smallest absolute Gasteiger partial charge is 0.326 e. The highest BCUT2D eigenvalue weighted by molar-refractivity contribution is 5.93. The zero-order chi connectivity index (χ0) is 23.4. The number of halogens is 1. The first-order chi connectivity index (χ1) is 14.6. The molecule has 0 radical (unpaired) electrons. The van der Waals surface area contributed by atoms with Crippen LogP contribution in [0.2, 0.25) is 0 Å². The Labute approximate surface area is 175 Å². The van der Waals surface area contributed by atoms with Crippen LogP contribution in [0.3, 0.4) is 0 Å². The topological polar surface area (TPSA) is 195 Å². The van der Waals surface area contributed by atoms with Crippen LogP contribution < -0.4 is 16.0 Å². The summed E-state index contributed by atoms with van der Waals surface area (Å²) in [6.07, 6.45) is 0.918. The van der Waals surface area contributed by atoms with Crippen molar-refractivity contribution < 1.29 is 43.7 Å². The van der Waals surface area contributed by atoms with Crippen LogP contribution in [0.1, 0.15) is 42.5 Å². The van der Waals surface area contributed by atoms with Crippen LogP contribution in [0.4, 0.5) is 9.18 Å². The van der Waals surface area contributed by atoms with Gasteiger partial charge in [0.15, 0.2) is 0 Å². The van der Waals surface area contributed by atoms with Crippen molar-refractivity contribution in [1.29, 1.82) is 0 Å². The molecule has 0 saturated heterocycles. The zero-order valence-electron chi connectivity index (χ0n) is 16.3. The van der Waals surface area contributed by atoms with Gasteiger partial charge in [-0.3, -0.25) is 9.59 Å². The van der Waals surface area contributed by atoms with E-state index in [4.69, 9.17) is 10.2 Å². The van der Waals surface area contributed by atoms with Gasteiger partial charge < -0.3 is 31.3 Å². The summed E-state index contributed by atoms with van der Waals surface area (Å²) in [4.78, 5) is 60.0. The van der Waals surface area contributed by atoms with Crippen molar-refractivity contribution in [3.05, 3.63) is 29.8 Å². The van der Waals surface area contributed by atoms with Crippen LogP contribution in [0.5, 0.6) is 0 Å². The third-order valence-corrected chi connectivity index (χ3v) is 4.05. The first-order valence-electron chi connectivity index (χ1n) is 9.24. The van der Waals surface area contributed by atoms with Gasteiger partial charge in [0.1, 0.15) is 12.1 Å². The number of unbranched alkanes of at least 4 members (excludes halogenated alkanes) is 1. The van der Waals surface area contributed by atoms with Crippen molar-refractivity contribution in [2.75, 3.05) is 6.54 Å². The number of pyridine rings is 1. The van der Waals surface area contributed by atoms with E-state index in [9.17, 15) is 33.5 Å². The summed E-state index contributed by atoms with van der Waals surface area (Å²) in [7, 11) is 0. The molecule has 0 aliphatic rings. The molecule has 6 N–H and O–H groups in total. The monoisotopic (exact) mass is 441 g/mol. The summed E-state index contributed by atoms with van der Waals surface area (Å²) in [6, 6.07) is -1.55. The molecule has 3 amide bonds. The molecule has 0 aliphatic heterocycles. The normalized spacial score (nSPS) is 12.3. The predicted octanol–water partition coefficient (Wildman–Crippen LogP) is 0.191. The number of nitrogens with one attached hydrogen (secondary N) is 3. The van der Waals surface area contributed by atoms with Crippen LogP contribution in [-0.2, 0) is 14.4 Å². The summed E-state index contributed by atoms with van der Waals surface area (Å²) < 4.78 is 12.7. The second kappa shape index (κ2) is 12.7. The lowest BCUT2D eigenvalue weighted by molar-refractivity contribution is -0.140. The molecule has 0 aliphatic carbocycles. The highest BCUT2D eigenvalue weighted by Crippen LogP contribution is 2.04. The number of aromatic nitrogens is 1. The van der Waals surface area contributed by atoms with Crippen molar-refractivity contribution in [2.45, 2.75) is 44.2 Å². The summed E-state index contributed by atoms with van der Waals surface area (Å²) in [5.74, 6) is -5.21. The minimum Gasteiger partial charge on any atom is -0.481 e. The van der Waals surface area contributed by atoms with E-state index in [2.05, 4.69) is 15.6 Å². The van der Waals surface area contributed by atoms with E-state index in [1.807, 2.05) is 5.32 Å². The first kappa shape index (κ1) is 25.3. The maximum absolute atomic E-state index is 12.7. The van der Waals surface area contributed by atoms with E-state index in [0.717, 1.165) is 12.3 Å². The van der Waals surface area contributed by atoms with Crippen molar-refractivity contribution >= 4 is 29.8 Å². The molecule has 31 heavy (non-hydrogen) atoms. The van der Waals surface area contributed by atoms with Gasteiger partial charge in [0, 0.05) is 19.2 Å². The maximum Gasteiger partial charge on any atom is 0.326 e. The van der Waals surface area contributed by atoms with Gasteiger partial charge in [-0.15, -0.1) is 0 Å². The van der Waals surface area contributed by atoms with E-state index >= 15 is 0 Å². The van der Waals surface area contributed by atoms with Gasteiger partial charge >= 0.3 is 23.9 Å². The molecule has 0 saturated carbocycles. The zero-order valence-corrected chi connectivity index (χ0v) is 16.3. The highest BCUT2D eigenvalue weighted by Gasteiger charge is 2.24. The molecule has 0 aromatic carbocycles. The van der Waals surface area contributed by atoms with E-state index in [-0.39, 0.29) is 24.9 Å². The highest BCUT2D eigenvalue weighted by atomic mass is 18.2. The molecule has 12 nitrogen and oxygen atoms in total. The lowest BCUT2D eigenvalue weighted by atomic mass is 10.1. The summed E-state index contributed by atoms with van der Waals surface area (Å²) in [6.45, 7) is 0.199. The molecule has 2 unspecified atom stereocenters. The van der Waals surface area contributed by atoms with Crippen LogP contribution >= 0.6 is 0 Å². The maximum atomic E-state index is 12.7. The molecule has 0 bridgehead atoms. The number of carboxylic acids is 3. The van der Waals surface area contributed by atoms with E-state index in [1.165, 1.54) is 6.07 Å². The number of nitrogens with zero attached hydrogens (tertiary/aromatic N) is 1. The van der Waals surface area contributed by atoms with E-state index in [0.29, 0.717) is 12.8 Å². The number of amides is 3. The molecule has 1 aromatic heterocycles. The Morgan fingerprint density at radius 3 is 2.06 bits per heavy atom. The Balaban J connectivity index is 2.41. The molecular weight excluding hydrogens is 418 g/mol. The summed E-state index contributed by atoms with van der Waals surface area (Å²) in [5.41, 5.74) is 0.166. The number of hydrogen-bond donors (Lipinski definition) is 6. The van der Waals surface area contributed by atoms with Gasteiger partial charge in [0.2, 0.25) is 5.95 Å². The standard InChI is InChI=1S/C18H23FN4O8/c19-13-6-4-10(9-21-13)15(26)20-8-2-1-3-11(16(27)28)22-18(31)23-12(17(29)30)5-7-14(24)25/h4,6,9,11-12H,1-3,5,7-8H2,(H,20,26)(H,24,25)(H,27,28)(H,29,30)(H2,22,23,31)/i19-1. The SMILES string of the molecule is O=C(O)CCC(NC(=O)NC(CCCCNC(=O)c1ccc([18F])nc1)C(=O)O)C(=O)O. The molecule has 1 rings (SSSR count). The lowest BCUT2D eigenvalue weighted by Crippen LogP contribution is -2.51. The van der Waals surface area contributed by atoms with Gasteiger partial charge in [-0.2, -0.15) is 4.39 Å². The third-order valence-electron chi connectivity index (χ3n) is 4.05. The second-order valence-electron chi connectivity index (χ2n) is 6.45. The number of urea groups is 1. The molecule has 2 atom stereocenters. The Morgan fingerprint density at radius 2 is 1.55 bits per heavy atom. The van der Waals surface area contributed by atoms with Gasteiger partial charge in [-0.25, -0.2) is 19.4 Å². The van der Waals surface area contributed by atoms with Gasteiger partial charge in [-0.1, -0.05) is 0 Å². The van der Waals surface area contributed by atoms with Crippen LogP contribution in [-0.4, -0.2) is 68.8 Å². The molecular formula is C18H23FN4O8. The summed E-state index contributed by atoms with van der Waals surface area (Å²) >= 11 is 0. The van der Waals surface area contributed by atoms with Crippen molar-refractivity contribution in [1.82, 2.24) is 20.9 Å². The lowest BCUT2D eigenvalue weighted by Gasteiger charge is -2.18. The van der Waals surface area contributed by atoms with Crippen molar-refractivity contribution in [3.8, 4) is 0 Å². The number of hydrogen-bond acceptors (Lipinski definition) is 6. The number of rotatable bonds is 13. The average molecular weight is 441 g/mol. The Bertz CT molecular complexity index is 802. The fourth-order valence-electron chi connectivity index (χ4n) is 2.43. The number of aliphatic carboxylic acids is 3. The fourth-order valence-corrected chi connectivity index (χ4v) is 2.43. The Morgan fingerprint density at radius 1 is 0.935 bits per heavy atom. The number of carbonyl (C=O) groups is 5. The van der Waals surface area contributed by atoms with Gasteiger partial charge in [0.05, 0.1) is 5.56 Å². The number of carboxylic acid groups (broad SMARTS) is 3. The van der Waals surface area contributed by atoms with Crippen molar-refractivity contribution in [3.63, 3.8) is 0 Å². The molecule has 1 aromatic rings. The molecule has 13 heteroatoms. The predicted molar refractivity (Wildman–Crippen MR) is 102 cm³/mol. The van der Waals surface area contributed by atoms with E-state index < -0.39 is 54.3 Å². The molecule has 0 spiro atoms. The molecule has 1 heterocycles. The summed E-state index contributed by atoms with van der Waals surface area (Å²) in [5, 5.41) is 33.5.